The van der Waals surface area contributed by atoms with Crippen LogP contribution in [0.5, 0.6) is 17.2 Å². The van der Waals surface area contributed by atoms with Crippen molar-refractivity contribution in [1.29, 1.82) is 0 Å². The minimum absolute atomic E-state index is 0.0871. The molecule has 0 atom stereocenters. The number of aliphatic hydroxyl groups excluding tert-OH is 1. The van der Waals surface area contributed by atoms with Gasteiger partial charge >= 0.3 is 0 Å². The number of benzene rings is 1. The predicted octanol–water partition coefficient (Wildman–Crippen LogP) is 1.32. The molecule has 1 aliphatic heterocycles. The number of rotatable bonds is 6. The highest BCUT2D eigenvalue weighted by atomic mass is 16.7. The van der Waals surface area contributed by atoms with Crippen molar-refractivity contribution >= 4 is 0 Å². The zero-order valence-corrected chi connectivity index (χ0v) is 9.77. The highest BCUT2D eigenvalue weighted by Gasteiger charge is 2.17. The van der Waals surface area contributed by atoms with Gasteiger partial charge in [0.25, 0.3) is 0 Å². The van der Waals surface area contributed by atoms with Gasteiger partial charge in [0, 0.05) is 31.8 Å². The number of fused-ring (bicyclic) bond motifs is 1. The van der Waals surface area contributed by atoms with Crippen LogP contribution in [0.2, 0.25) is 0 Å². The Bertz CT molecular complexity index is 377. The van der Waals surface area contributed by atoms with Crippen LogP contribution in [0, 0.1) is 0 Å². The normalized spacial score (nSPS) is 12.8. The van der Waals surface area contributed by atoms with E-state index in [4.69, 9.17) is 18.9 Å². The summed E-state index contributed by atoms with van der Waals surface area (Å²) in [4.78, 5) is 0. The first kappa shape index (κ1) is 12.0. The average Bonchev–Trinajstić information content (AvgIpc) is 2.80. The topological polar surface area (TPSA) is 57.2 Å². The van der Waals surface area contributed by atoms with Crippen molar-refractivity contribution in [2.75, 3.05) is 27.1 Å². The van der Waals surface area contributed by atoms with Crippen molar-refractivity contribution < 1.29 is 24.1 Å². The maximum Gasteiger partial charge on any atom is 0.231 e. The molecule has 0 unspecified atom stereocenters. The Morgan fingerprint density at radius 3 is 2.71 bits per heavy atom. The van der Waals surface area contributed by atoms with Crippen LogP contribution < -0.4 is 14.2 Å². The van der Waals surface area contributed by atoms with E-state index in [0.717, 1.165) is 6.42 Å². The van der Waals surface area contributed by atoms with Crippen molar-refractivity contribution in [3.8, 4) is 17.2 Å². The van der Waals surface area contributed by atoms with Crippen LogP contribution in [0.25, 0.3) is 0 Å². The van der Waals surface area contributed by atoms with Crippen LogP contribution in [0.1, 0.15) is 12.0 Å². The average molecular weight is 240 g/mol. The lowest BCUT2D eigenvalue weighted by molar-refractivity contribution is 0.170. The lowest BCUT2D eigenvalue weighted by Crippen LogP contribution is -2.03. The van der Waals surface area contributed by atoms with E-state index in [0.29, 0.717) is 36.0 Å². The first-order chi connectivity index (χ1) is 8.35. The molecule has 0 saturated carbocycles. The Hall–Kier alpha value is -1.46. The Labute approximate surface area is 99.9 Å². The van der Waals surface area contributed by atoms with Crippen LogP contribution in [0.15, 0.2) is 12.1 Å². The molecule has 0 amide bonds. The minimum atomic E-state index is -0.0871. The first-order valence-electron chi connectivity index (χ1n) is 5.50. The summed E-state index contributed by atoms with van der Waals surface area (Å²) in [6.45, 7) is 1.32. The van der Waals surface area contributed by atoms with Crippen LogP contribution in [-0.2, 0) is 11.3 Å². The Balaban J connectivity index is 2.04. The second-order valence-electron chi connectivity index (χ2n) is 3.67. The maximum atomic E-state index is 9.25. The van der Waals surface area contributed by atoms with Gasteiger partial charge in [-0.05, 0) is 6.07 Å². The molecule has 2 rings (SSSR count). The molecule has 5 nitrogen and oxygen atoms in total. The third-order valence-electron chi connectivity index (χ3n) is 2.48. The van der Waals surface area contributed by atoms with E-state index in [2.05, 4.69) is 0 Å². The molecule has 0 spiro atoms. The summed E-state index contributed by atoms with van der Waals surface area (Å²) in [6, 6.07) is 3.49. The first-order valence-corrected chi connectivity index (χ1v) is 5.50. The van der Waals surface area contributed by atoms with Gasteiger partial charge in [-0.15, -0.1) is 0 Å². The van der Waals surface area contributed by atoms with E-state index < -0.39 is 0 Å². The van der Waals surface area contributed by atoms with Gasteiger partial charge in [0.15, 0.2) is 11.5 Å². The van der Waals surface area contributed by atoms with E-state index in [1.807, 2.05) is 0 Å². The van der Waals surface area contributed by atoms with Crippen LogP contribution in [0.3, 0.4) is 0 Å². The molecule has 17 heavy (non-hydrogen) atoms. The number of hydrogen-bond donors (Lipinski definition) is 1. The highest BCUT2D eigenvalue weighted by molar-refractivity contribution is 5.51. The summed E-state index contributed by atoms with van der Waals surface area (Å²) < 4.78 is 21.0. The molecule has 1 heterocycles. The Kier molecular flexibility index (Phi) is 4.06. The number of ether oxygens (including phenoxy) is 4. The molecule has 1 aromatic carbocycles. The molecule has 94 valence electrons. The summed E-state index contributed by atoms with van der Waals surface area (Å²) in [5.74, 6) is 1.94. The molecular formula is C12H16O5. The van der Waals surface area contributed by atoms with Crippen molar-refractivity contribution in [3.05, 3.63) is 17.7 Å². The van der Waals surface area contributed by atoms with Crippen LogP contribution in [-0.4, -0.2) is 32.2 Å². The molecule has 1 N–H and O–H groups in total. The molecule has 0 radical (unpaired) electrons. The van der Waals surface area contributed by atoms with Crippen molar-refractivity contribution in [3.63, 3.8) is 0 Å². The fraction of sp³-hybridized carbons (Fsp3) is 0.500. The van der Waals surface area contributed by atoms with Gasteiger partial charge in [0.05, 0.1) is 13.2 Å². The van der Waals surface area contributed by atoms with Crippen molar-refractivity contribution in [2.45, 2.75) is 13.0 Å². The van der Waals surface area contributed by atoms with Gasteiger partial charge in [-0.1, -0.05) is 0 Å². The highest BCUT2D eigenvalue weighted by Crippen LogP contribution is 2.38. The molecule has 0 aromatic heterocycles. The molecule has 5 heteroatoms. The van der Waals surface area contributed by atoms with E-state index in [1.54, 1.807) is 19.2 Å². The number of hydrogen-bond acceptors (Lipinski definition) is 5. The number of methoxy groups -OCH3 is 1. The zero-order valence-electron chi connectivity index (χ0n) is 9.77. The molecular weight excluding hydrogens is 224 g/mol. The van der Waals surface area contributed by atoms with Gasteiger partial charge in [-0.3, -0.25) is 0 Å². The summed E-state index contributed by atoms with van der Waals surface area (Å²) in [5.41, 5.74) is 0.701. The van der Waals surface area contributed by atoms with E-state index in [-0.39, 0.29) is 13.4 Å². The quantitative estimate of drug-likeness (QED) is 0.760. The third kappa shape index (κ3) is 2.81. The Morgan fingerprint density at radius 1 is 1.24 bits per heavy atom. The van der Waals surface area contributed by atoms with E-state index >= 15 is 0 Å². The summed E-state index contributed by atoms with van der Waals surface area (Å²) >= 11 is 0. The van der Waals surface area contributed by atoms with E-state index in [1.165, 1.54) is 0 Å². The van der Waals surface area contributed by atoms with Gasteiger partial charge in [-0.2, -0.15) is 0 Å². The van der Waals surface area contributed by atoms with Gasteiger partial charge in [-0.25, -0.2) is 0 Å². The second-order valence-corrected chi connectivity index (χ2v) is 3.67. The molecule has 0 saturated heterocycles. The molecule has 1 aromatic rings. The smallest absolute Gasteiger partial charge is 0.231 e. The SMILES string of the molecule is COCCCOc1cc2c(cc1CO)OCO2. The monoisotopic (exact) mass is 240 g/mol. The predicted molar refractivity (Wildman–Crippen MR) is 60.5 cm³/mol. The fourth-order valence-corrected chi connectivity index (χ4v) is 1.61. The van der Waals surface area contributed by atoms with E-state index in [9.17, 15) is 5.11 Å². The molecule has 1 aliphatic rings. The lowest BCUT2D eigenvalue weighted by atomic mass is 10.2. The van der Waals surface area contributed by atoms with Crippen LogP contribution in [0.4, 0.5) is 0 Å². The van der Waals surface area contributed by atoms with Crippen molar-refractivity contribution in [2.24, 2.45) is 0 Å². The molecule has 0 fully saturated rings. The molecule has 0 bridgehead atoms. The standard InChI is InChI=1S/C12H16O5/c1-14-3-2-4-15-10-6-12-11(16-8-17-12)5-9(10)7-13/h5-6,13H,2-4,7-8H2,1H3. The van der Waals surface area contributed by atoms with Crippen molar-refractivity contribution in [1.82, 2.24) is 0 Å². The fourth-order valence-electron chi connectivity index (χ4n) is 1.61. The zero-order chi connectivity index (χ0) is 12.1. The summed E-state index contributed by atoms with van der Waals surface area (Å²) in [5, 5.41) is 9.25. The lowest BCUT2D eigenvalue weighted by Gasteiger charge is -2.10. The largest absolute Gasteiger partial charge is 0.493 e. The minimum Gasteiger partial charge on any atom is -0.493 e. The Morgan fingerprint density at radius 2 is 2.00 bits per heavy atom. The summed E-state index contributed by atoms with van der Waals surface area (Å²) in [6.07, 6.45) is 0.801. The van der Waals surface area contributed by atoms with Gasteiger partial charge in [0.2, 0.25) is 6.79 Å². The van der Waals surface area contributed by atoms with Gasteiger partial charge in [0.1, 0.15) is 5.75 Å². The summed E-state index contributed by atoms with van der Waals surface area (Å²) in [7, 11) is 1.65. The maximum absolute atomic E-state index is 9.25. The number of aliphatic hydroxyl groups is 1. The second kappa shape index (κ2) is 5.75. The van der Waals surface area contributed by atoms with Crippen LogP contribution >= 0.6 is 0 Å². The third-order valence-corrected chi connectivity index (χ3v) is 2.48. The van der Waals surface area contributed by atoms with Gasteiger partial charge < -0.3 is 24.1 Å². The molecule has 0 aliphatic carbocycles.